The molecule has 2 saturated carbocycles. The molecule has 0 bridgehead atoms. The highest BCUT2D eigenvalue weighted by atomic mass is 32.2. The first-order valence-electron chi connectivity index (χ1n) is 23.5. The average Bonchev–Trinajstić information content (AvgIpc) is 3.97. The van der Waals surface area contributed by atoms with Crippen molar-refractivity contribution in [3.8, 4) is 11.5 Å². The number of aliphatic hydroxyl groups is 1. The van der Waals surface area contributed by atoms with Gasteiger partial charge in [0.05, 0.1) is 21.0 Å². The zero-order valence-electron chi connectivity index (χ0n) is 38.3. The van der Waals surface area contributed by atoms with E-state index >= 15 is 0 Å². The van der Waals surface area contributed by atoms with E-state index in [0.29, 0.717) is 48.3 Å². The molecule has 4 fully saturated rings. The normalized spacial score (nSPS) is 23.0. The molecule has 2 atom stereocenters. The summed E-state index contributed by atoms with van der Waals surface area (Å²) in [5.74, 6) is -0.785. The van der Waals surface area contributed by atoms with Crippen LogP contribution < -0.4 is 25.4 Å². The predicted octanol–water partition coefficient (Wildman–Crippen LogP) is 8.20. The highest BCUT2D eigenvalue weighted by Crippen LogP contribution is 2.49. The standard InChI is InChI=1S/C50H60N8O8S/c1-31(2)36-7-4-5-8-37(36)38-9-6-10-41(38)57-29-50(30-57)20-23-56(24-21-50)34-11-13-39(43(26-34)66-44-25-33-17-22-52-47(33)54-45(44)46(51)59)48(60)55-67(64,65)35-12-14-40(42(27-35)58(62)63)53-28-32-15-18-49(3,61)19-16-32/h4-5,7-8,11-14,17,22,25-27,31-32,38,41,53,61H,6,9-10,15-16,18-21,23-24,28-30H2,1-3H3,(H2,51,59)(H,52,54)(H,55,60)/t32?,38-,41-,49?/m0/s1. The lowest BCUT2D eigenvalue weighted by molar-refractivity contribution is -0.384. The fourth-order valence-corrected chi connectivity index (χ4v) is 12.0. The van der Waals surface area contributed by atoms with Crippen molar-refractivity contribution >= 4 is 49.9 Å². The Morgan fingerprint density at radius 2 is 1.73 bits per heavy atom. The number of carbonyl (C=O) groups excluding carboxylic acids is 2. The number of hydrogen-bond donors (Lipinski definition) is 5. The fourth-order valence-electron chi connectivity index (χ4n) is 11.0. The molecule has 0 unspecified atom stereocenters. The number of anilines is 2. The number of primary amides is 1. The van der Waals surface area contributed by atoms with Crippen LogP contribution >= 0.6 is 0 Å². The minimum absolute atomic E-state index is 0.0284. The first-order valence-corrected chi connectivity index (χ1v) is 25.0. The second-order valence-corrected chi connectivity index (χ2v) is 21.6. The molecule has 17 heteroatoms. The molecule has 6 N–H and O–H groups in total. The van der Waals surface area contributed by atoms with Crippen molar-refractivity contribution in [2.24, 2.45) is 17.1 Å². The smallest absolute Gasteiger partial charge is 0.293 e. The maximum absolute atomic E-state index is 14.1. The van der Waals surface area contributed by atoms with Crippen LogP contribution in [-0.4, -0.2) is 89.5 Å². The average molecular weight is 933 g/mol. The van der Waals surface area contributed by atoms with Gasteiger partial charge in [0.1, 0.15) is 17.1 Å². The quantitative estimate of drug-likeness (QED) is 0.0525. The minimum atomic E-state index is -4.66. The van der Waals surface area contributed by atoms with Gasteiger partial charge < -0.3 is 30.8 Å². The molecular formula is C50H60N8O8S. The van der Waals surface area contributed by atoms with Crippen molar-refractivity contribution < 1.29 is 32.8 Å². The topological polar surface area (TPSA) is 226 Å². The molecule has 2 aliphatic carbocycles. The van der Waals surface area contributed by atoms with Crippen molar-refractivity contribution in [2.45, 2.75) is 107 Å². The van der Waals surface area contributed by atoms with Crippen molar-refractivity contribution in [3.63, 3.8) is 0 Å². The largest absolute Gasteiger partial charge is 0.454 e. The van der Waals surface area contributed by atoms with E-state index in [9.17, 15) is 33.2 Å². The summed E-state index contributed by atoms with van der Waals surface area (Å²) in [7, 11) is -4.66. The van der Waals surface area contributed by atoms with E-state index in [1.165, 1.54) is 48.6 Å². The third-order valence-electron chi connectivity index (χ3n) is 14.9. The number of piperidine rings is 1. The molecule has 4 aliphatic rings. The van der Waals surface area contributed by atoms with Crippen molar-refractivity contribution in [1.82, 2.24) is 19.6 Å². The number of fused-ring (bicyclic) bond motifs is 1. The number of nitro benzene ring substituents is 1. The van der Waals surface area contributed by atoms with E-state index in [1.54, 1.807) is 37.4 Å². The van der Waals surface area contributed by atoms with Gasteiger partial charge in [-0.15, -0.1) is 0 Å². The third-order valence-corrected chi connectivity index (χ3v) is 16.2. The highest BCUT2D eigenvalue weighted by molar-refractivity contribution is 7.90. The molecular weight excluding hydrogens is 873 g/mol. The number of nitrogens with one attached hydrogen (secondary N) is 3. The second kappa shape index (κ2) is 18.2. The maximum Gasteiger partial charge on any atom is 0.293 e. The number of aromatic nitrogens is 2. The number of pyridine rings is 1. The van der Waals surface area contributed by atoms with Crippen LogP contribution in [0.3, 0.4) is 0 Å². The van der Waals surface area contributed by atoms with Crippen molar-refractivity contribution in [1.29, 1.82) is 0 Å². The van der Waals surface area contributed by atoms with Gasteiger partial charge in [0.15, 0.2) is 11.4 Å². The van der Waals surface area contributed by atoms with Gasteiger partial charge in [0, 0.05) is 68.2 Å². The van der Waals surface area contributed by atoms with Gasteiger partial charge in [-0.3, -0.25) is 24.6 Å². The number of benzene rings is 3. The molecule has 2 aliphatic heterocycles. The number of nitrogens with zero attached hydrogens (tertiary/aromatic N) is 4. The molecule has 1 spiro atoms. The van der Waals surface area contributed by atoms with E-state index in [0.717, 1.165) is 63.6 Å². The summed E-state index contributed by atoms with van der Waals surface area (Å²) in [5.41, 5.74) is 8.66. The molecule has 2 aromatic heterocycles. The maximum atomic E-state index is 14.1. The van der Waals surface area contributed by atoms with E-state index in [-0.39, 0.29) is 39.8 Å². The summed E-state index contributed by atoms with van der Waals surface area (Å²) in [6.07, 6.45) is 9.99. The van der Waals surface area contributed by atoms with E-state index < -0.39 is 42.9 Å². The molecule has 354 valence electrons. The number of ether oxygens (including phenoxy) is 1. The first kappa shape index (κ1) is 46.1. The Kier molecular flexibility index (Phi) is 12.5. The first-order chi connectivity index (χ1) is 32.0. The molecule has 3 aromatic carbocycles. The van der Waals surface area contributed by atoms with Crippen LogP contribution in [0.5, 0.6) is 11.5 Å². The number of likely N-dealkylation sites (tertiary alicyclic amines) is 1. The van der Waals surface area contributed by atoms with Gasteiger partial charge in [-0.2, -0.15) is 0 Å². The number of aromatic amines is 1. The Bertz CT molecular complexity index is 2800. The van der Waals surface area contributed by atoms with E-state index in [4.69, 9.17) is 10.5 Å². The van der Waals surface area contributed by atoms with E-state index in [1.807, 2.05) is 0 Å². The van der Waals surface area contributed by atoms with Crippen molar-refractivity contribution in [3.05, 3.63) is 111 Å². The SMILES string of the molecule is CC(C)c1ccccc1[C@@H]1CCC[C@@H]1N1CC2(CCN(c3ccc(C(=O)NS(=O)(=O)c4ccc(NCC5CCC(C)(O)CC5)c([N+](=O)[O-])c4)c(Oc4cc5cc[nH]c5nc4C(N)=O)c3)CC2)C1. The monoisotopic (exact) mass is 932 g/mol. The Balaban J connectivity index is 0.929. The van der Waals surface area contributed by atoms with Crippen LogP contribution in [0.4, 0.5) is 17.1 Å². The van der Waals surface area contributed by atoms with Crippen LogP contribution in [0.2, 0.25) is 0 Å². The number of rotatable bonds is 14. The minimum Gasteiger partial charge on any atom is -0.454 e. The molecule has 67 heavy (non-hydrogen) atoms. The lowest BCUT2D eigenvalue weighted by atomic mass is 9.70. The Morgan fingerprint density at radius 1 is 0.985 bits per heavy atom. The number of nitro groups is 1. The molecule has 2 amide bonds. The highest BCUT2D eigenvalue weighted by Gasteiger charge is 2.49. The van der Waals surface area contributed by atoms with Crippen LogP contribution in [0.25, 0.3) is 11.0 Å². The Hall–Kier alpha value is -6.04. The van der Waals surface area contributed by atoms with Crippen LogP contribution in [-0.2, 0) is 10.0 Å². The number of nitrogens with two attached hydrogens (primary N) is 1. The zero-order chi connectivity index (χ0) is 47.3. The Morgan fingerprint density at radius 3 is 2.45 bits per heavy atom. The number of amides is 2. The number of hydrogen-bond acceptors (Lipinski definition) is 12. The van der Waals surface area contributed by atoms with Crippen LogP contribution in [0.1, 0.15) is 122 Å². The van der Waals surface area contributed by atoms with Gasteiger partial charge in [-0.1, -0.05) is 44.5 Å². The Labute approximate surface area is 390 Å². The molecule has 2 saturated heterocycles. The van der Waals surface area contributed by atoms with Gasteiger partial charge in [0.2, 0.25) is 0 Å². The van der Waals surface area contributed by atoms with Crippen LogP contribution in [0.15, 0.2) is 83.9 Å². The van der Waals surface area contributed by atoms with E-state index in [2.05, 4.69) is 67.9 Å². The predicted molar refractivity (Wildman–Crippen MR) is 256 cm³/mol. The lowest BCUT2D eigenvalue weighted by Crippen LogP contribution is -2.63. The number of H-pyrrole nitrogens is 1. The number of sulfonamides is 1. The molecule has 5 aromatic rings. The van der Waals surface area contributed by atoms with Gasteiger partial charge in [-0.25, -0.2) is 18.1 Å². The van der Waals surface area contributed by atoms with Gasteiger partial charge >= 0.3 is 0 Å². The molecule has 4 heterocycles. The second-order valence-electron chi connectivity index (χ2n) is 19.9. The van der Waals surface area contributed by atoms with Gasteiger partial charge in [-0.05, 0) is 129 Å². The summed E-state index contributed by atoms with van der Waals surface area (Å²) in [6.45, 7) is 10.4. The van der Waals surface area contributed by atoms with Crippen LogP contribution in [0, 0.1) is 21.4 Å². The summed E-state index contributed by atoms with van der Waals surface area (Å²) in [4.78, 5) is 50.1. The summed E-state index contributed by atoms with van der Waals surface area (Å²) >= 11 is 0. The van der Waals surface area contributed by atoms with Gasteiger partial charge in [0.25, 0.3) is 27.5 Å². The molecule has 0 radical (unpaired) electrons. The molecule has 16 nitrogen and oxygen atoms in total. The summed E-state index contributed by atoms with van der Waals surface area (Å²) < 4.78 is 36.1. The third kappa shape index (κ3) is 9.59. The fraction of sp³-hybridized carbons (Fsp3) is 0.460. The number of carbonyl (C=O) groups is 2. The molecule has 9 rings (SSSR count). The van der Waals surface area contributed by atoms with Crippen molar-refractivity contribution in [2.75, 3.05) is 42.9 Å². The summed E-state index contributed by atoms with van der Waals surface area (Å²) in [5, 5.41) is 26.2. The summed E-state index contributed by atoms with van der Waals surface area (Å²) in [6, 6.07) is 21.1. The lowest BCUT2D eigenvalue weighted by Gasteiger charge is -2.57. The zero-order valence-corrected chi connectivity index (χ0v) is 39.1.